The van der Waals surface area contributed by atoms with Crippen LogP contribution in [0.4, 0.5) is 5.69 Å². The van der Waals surface area contributed by atoms with Crippen molar-refractivity contribution in [3.63, 3.8) is 0 Å². The van der Waals surface area contributed by atoms with E-state index in [1.54, 1.807) is 32.3 Å². The van der Waals surface area contributed by atoms with Crippen LogP contribution < -0.4 is 5.32 Å². The number of hydrogen-bond donors (Lipinski definition) is 1. The van der Waals surface area contributed by atoms with Crippen LogP contribution in [0, 0.1) is 6.92 Å². The average Bonchev–Trinajstić information content (AvgIpc) is 3.07. The molecule has 2 aromatic carbocycles. The maximum absolute atomic E-state index is 12.4. The summed E-state index contributed by atoms with van der Waals surface area (Å²) in [4.78, 5) is 26.1. The van der Waals surface area contributed by atoms with Gasteiger partial charge in [-0.2, -0.15) is 0 Å². The first-order valence-corrected chi connectivity index (χ1v) is 10.6. The van der Waals surface area contributed by atoms with E-state index in [2.05, 4.69) is 15.5 Å². The highest BCUT2D eigenvalue weighted by Gasteiger charge is 2.15. The lowest BCUT2D eigenvalue weighted by Crippen LogP contribution is -2.22. The number of carbonyl (C=O) groups excluding carboxylic acids is 2. The van der Waals surface area contributed by atoms with Crippen LogP contribution in [0.25, 0.3) is 0 Å². The molecule has 30 heavy (non-hydrogen) atoms. The van der Waals surface area contributed by atoms with Crippen molar-refractivity contribution in [2.24, 2.45) is 0 Å². The first-order valence-electron chi connectivity index (χ1n) is 9.22. The van der Waals surface area contributed by atoms with Crippen LogP contribution in [0.1, 0.15) is 21.7 Å². The number of thioether (sulfide) groups is 1. The van der Waals surface area contributed by atoms with E-state index in [0.717, 1.165) is 11.4 Å². The predicted molar refractivity (Wildman–Crippen MR) is 119 cm³/mol. The standard InChI is InChI=1S/C21H22ClN5O2S/c1-14-24-25-21(27(14)12-15-7-5-4-6-8-15)30-13-19(28)23-16-9-10-18(22)17(11-16)20(29)26(2)3/h4-11H,12-13H2,1-3H3,(H,23,28). The Labute approximate surface area is 184 Å². The molecule has 0 saturated carbocycles. The second kappa shape index (κ2) is 9.77. The minimum atomic E-state index is -0.227. The van der Waals surface area contributed by atoms with Crippen molar-refractivity contribution >= 4 is 40.9 Å². The fourth-order valence-electron chi connectivity index (χ4n) is 2.75. The molecule has 156 valence electrons. The Bertz CT molecular complexity index is 1050. The van der Waals surface area contributed by atoms with E-state index >= 15 is 0 Å². The first kappa shape index (κ1) is 21.9. The monoisotopic (exact) mass is 443 g/mol. The summed E-state index contributed by atoms with van der Waals surface area (Å²) >= 11 is 7.43. The second-order valence-corrected chi connectivity index (χ2v) is 8.18. The maximum atomic E-state index is 12.4. The van der Waals surface area contributed by atoms with Crippen LogP contribution >= 0.6 is 23.4 Å². The molecule has 0 aliphatic heterocycles. The zero-order valence-corrected chi connectivity index (χ0v) is 18.5. The van der Waals surface area contributed by atoms with Crippen molar-refractivity contribution in [3.05, 3.63) is 70.5 Å². The molecular weight excluding hydrogens is 422 g/mol. The average molecular weight is 444 g/mol. The third-order valence-corrected chi connectivity index (χ3v) is 5.60. The number of rotatable bonds is 7. The van der Waals surface area contributed by atoms with Gasteiger partial charge in [-0.05, 0) is 30.7 Å². The fourth-order valence-corrected chi connectivity index (χ4v) is 3.73. The van der Waals surface area contributed by atoms with E-state index in [1.165, 1.54) is 16.7 Å². The van der Waals surface area contributed by atoms with Crippen molar-refractivity contribution in [2.75, 3.05) is 25.2 Å². The van der Waals surface area contributed by atoms with Gasteiger partial charge >= 0.3 is 0 Å². The number of amides is 2. The summed E-state index contributed by atoms with van der Waals surface area (Å²) in [6.07, 6.45) is 0. The summed E-state index contributed by atoms with van der Waals surface area (Å²) in [7, 11) is 3.29. The molecular formula is C21H22ClN5O2S. The summed E-state index contributed by atoms with van der Waals surface area (Å²) in [6.45, 7) is 2.52. The predicted octanol–water partition coefficient (Wildman–Crippen LogP) is 3.72. The van der Waals surface area contributed by atoms with Gasteiger partial charge in [0.25, 0.3) is 5.91 Å². The highest BCUT2D eigenvalue weighted by molar-refractivity contribution is 7.99. The lowest BCUT2D eigenvalue weighted by molar-refractivity contribution is -0.113. The fraction of sp³-hybridized carbons (Fsp3) is 0.238. The Morgan fingerprint density at radius 3 is 2.57 bits per heavy atom. The van der Waals surface area contributed by atoms with E-state index in [-0.39, 0.29) is 17.6 Å². The van der Waals surface area contributed by atoms with Crippen LogP contribution in [-0.2, 0) is 11.3 Å². The van der Waals surface area contributed by atoms with E-state index in [0.29, 0.717) is 28.0 Å². The number of nitrogens with one attached hydrogen (secondary N) is 1. The molecule has 9 heteroatoms. The SMILES string of the molecule is Cc1nnc(SCC(=O)Nc2ccc(Cl)c(C(=O)N(C)C)c2)n1Cc1ccccc1. The van der Waals surface area contributed by atoms with Gasteiger partial charge in [0.05, 0.1) is 22.9 Å². The lowest BCUT2D eigenvalue weighted by atomic mass is 10.1. The number of aromatic nitrogens is 3. The number of anilines is 1. The summed E-state index contributed by atoms with van der Waals surface area (Å²) in [5.41, 5.74) is 1.98. The number of hydrogen-bond acceptors (Lipinski definition) is 5. The van der Waals surface area contributed by atoms with E-state index in [1.807, 2.05) is 41.8 Å². The van der Waals surface area contributed by atoms with Crippen molar-refractivity contribution < 1.29 is 9.59 Å². The summed E-state index contributed by atoms with van der Waals surface area (Å²) in [6, 6.07) is 14.8. The quantitative estimate of drug-likeness (QED) is 0.563. The minimum Gasteiger partial charge on any atom is -0.345 e. The Morgan fingerprint density at radius 2 is 1.87 bits per heavy atom. The molecule has 2 amide bonds. The molecule has 0 saturated heterocycles. The molecule has 0 spiro atoms. The number of benzene rings is 2. The molecule has 0 radical (unpaired) electrons. The molecule has 1 aromatic heterocycles. The van der Waals surface area contributed by atoms with Gasteiger partial charge in [-0.25, -0.2) is 0 Å². The topological polar surface area (TPSA) is 80.1 Å². The van der Waals surface area contributed by atoms with Gasteiger partial charge in [0, 0.05) is 19.8 Å². The smallest absolute Gasteiger partial charge is 0.254 e. The van der Waals surface area contributed by atoms with Gasteiger partial charge in [-0.15, -0.1) is 10.2 Å². The molecule has 0 aliphatic carbocycles. The zero-order valence-electron chi connectivity index (χ0n) is 16.9. The Hall–Kier alpha value is -2.84. The normalized spacial score (nSPS) is 10.7. The van der Waals surface area contributed by atoms with Crippen molar-refractivity contribution in [1.82, 2.24) is 19.7 Å². The van der Waals surface area contributed by atoms with Gasteiger partial charge in [-0.1, -0.05) is 53.7 Å². The number of aryl methyl sites for hydroxylation is 1. The van der Waals surface area contributed by atoms with Crippen molar-refractivity contribution in [3.8, 4) is 0 Å². The molecule has 3 aromatic rings. The maximum Gasteiger partial charge on any atom is 0.254 e. The van der Waals surface area contributed by atoms with Crippen LogP contribution in [0.15, 0.2) is 53.7 Å². The van der Waals surface area contributed by atoms with Gasteiger partial charge < -0.3 is 14.8 Å². The molecule has 0 aliphatic rings. The zero-order chi connectivity index (χ0) is 21.7. The second-order valence-electron chi connectivity index (χ2n) is 6.83. The summed E-state index contributed by atoms with van der Waals surface area (Å²) in [5.74, 6) is 0.505. The van der Waals surface area contributed by atoms with Crippen LogP contribution in [0.2, 0.25) is 5.02 Å². The molecule has 0 unspecified atom stereocenters. The molecule has 0 fully saturated rings. The van der Waals surface area contributed by atoms with Gasteiger partial charge in [0.2, 0.25) is 5.91 Å². The third kappa shape index (κ3) is 5.40. The van der Waals surface area contributed by atoms with Crippen molar-refractivity contribution in [1.29, 1.82) is 0 Å². The highest BCUT2D eigenvalue weighted by Crippen LogP contribution is 2.23. The van der Waals surface area contributed by atoms with Crippen LogP contribution in [0.5, 0.6) is 0 Å². The first-order chi connectivity index (χ1) is 14.3. The molecule has 0 bridgehead atoms. The van der Waals surface area contributed by atoms with E-state index in [9.17, 15) is 9.59 Å². The number of halogens is 1. The Kier molecular flexibility index (Phi) is 7.12. The van der Waals surface area contributed by atoms with Gasteiger partial charge in [-0.3, -0.25) is 9.59 Å². The third-order valence-electron chi connectivity index (χ3n) is 4.30. The van der Waals surface area contributed by atoms with Gasteiger partial charge in [0.1, 0.15) is 5.82 Å². The van der Waals surface area contributed by atoms with Crippen LogP contribution in [0.3, 0.4) is 0 Å². The molecule has 1 heterocycles. The molecule has 1 N–H and O–H groups in total. The Morgan fingerprint density at radius 1 is 1.13 bits per heavy atom. The number of carbonyl (C=O) groups is 2. The van der Waals surface area contributed by atoms with Crippen LogP contribution in [-0.4, -0.2) is 51.3 Å². The van der Waals surface area contributed by atoms with E-state index in [4.69, 9.17) is 11.6 Å². The lowest BCUT2D eigenvalue weighted by Gasteiger charge is -2.13. The molecule has 7 nitrogen and oxygen atoms in total. The van der Waals surface area contributed by atoms with E-state index < -0.39 is 0 Å². The van der Waals surface area contributed by atoms with Crippen molar-refractivity contribution in [2.45, 2.75) is 18.6 Å². The molecule has 0 atom stereocenters. The minimum absolute atomic E-state index is 0.159. The largest absolute Gasteiger partial charge is 0.345 e. The summed E-state index contributed by atoms with van der Waals surface area (Å²) in [5, 5.41) is 12.1. The van der Waals surface area contributed by atoms with Gasteiger partial charge in [0.15, 0.2) is 5.16 Å². The summed E-state index contributed by atoms with van der Waals surface area (Å²) < 4.78 is 1.98. The number of nitrogens with zero attached hydrogens (tertiary/aromatic N) is 4. The highest BCUT2D eigenvalue weighted by atomic mass is 35.5. The Balaban J connectivity index is 1.65. The molecule has 3 rings (SSSR count).